The van der Waals surface area contributed by atoms with Gasteiger partial charge in [-0.15, -0.1) is 0 Å². The Morgan fingerprint density at radius 3 is 2.21 bits per heavy atom. The number of aliphatic hydroxyl groups excluding tert-OH is 1. The zero-order valence-electron chi connectivity index (χ0n) is 17.2. The van der Waals surface area contributed by atoms with Gasteiger partial charge in [0.25, 0.3) is 0 Å². The van der Waals surface area contributed by atoms with Gasteiger partial charge < -0.3 is 15.2 Å². The molecule has 2 rings (SSSR count). The van der Waals surface area contributed by atoms with Gasteiger partial charge in [0.1, 0.15) is 5.60 Å². The lowest BCUT2D eigenvalue weighted by molar-refractivity contribution is 0.0483. The lowest BCUT2D eigenvalue weighted by Gasteiger charge is -2.25. The van der Waals surface area contributed by atoms with Crippen LogP contribution in [-0.2, 0) is 4.74 Å². The summed E-state index contributed by atoms with van der Waals surface area (Å²) in [5.74, 6) is -0.107. The molecule has 0 unspecified atom stereocenters. The first-order valence-electron chi connectivity index (χ1n) is 9.73. The summed E-state index contributed by atoms with van der Waals surface area (Å²) in [6.45, 7) is 5.40. The van der Waals surface area contributed by atoms with E-state index < -0.39 is 23.8 Å². The number of carbonyl (C=O) groups excluding carboxylic acids is 2. The van der Waals surface area contributed by atoms with E-state index in [1.807, 2.05) is 48.5 Å². The number of alkyl carbamates (subject to hydrolysis) is 1. The standard InChI is InChI=1S/C24H29NO4/c1-24(2,3)29-23(28)25-21(18-11-6-4-7-12-18)17-20(26)15-10-16-22(27)19-13-8-5-9-14-19/h4-14,16,20-21,26H,15,17H2,1-3H3,(H,25,28)/b16-10+/t20-,21-/m0/s1. The van der Waals surface area contributed by atoms with Crippen LogP contribution in [0.3, 0.4) is 0 Å². The van der Waals surface area contributed by atoms with E-state index >= 15 is 0 Å². The quantitative estimate of drug-likeness (QED) is 0.496. The minimum absolute atomic E-state index is 0.107. The van der Waals surface area contributed by atoms with Crippen LogP contribution in [0.25, 0.3) is 0 Å². The van der Waals surface area contributed by atoms with Crippen molar-refractivity contribution in [3.05, 3.63) is 83.9 Å². The molecule has 0 fully saturated rings. The lowest BCUT2D eigenvalue weighted by atomic mass is 9.99. The van der Waals surface area contributed by atoms with Gasteiger partial charge in [-0.05, 0) is 45.3 Å². The Labute approximate surface area is 172 Å². The molecule has 2 N–H and O–H groups in total. The van der Waals surface area contributed by atoms with Crippen molar-refractivity contribution in [3.63, 3.8) is 0 Å². The molecule has 2 atom stereocenters. The molecule has 0 saturated heterocycles. The summed E-state index contributed by atoms with van der Waals surface area (Å²) >= 11 is 0. The van der Waals surface area contributed by atoms with Crippen molar-refractivity contribution in [1.29, 1.82) is 0 Å². The first-order valence-corrected chi connectivity index (χ1v) is 9.73. The molecule has 0 aromatic heterocycles. The van der Waals surface area contributed by atoms with Crippen LogP contribution in [0, 0.1) is 0 Å². The van der Waals surface area contributed by atoms with Crippen LogP contribution in [0.4, 0.5) is 4.79 Å². The average molecular weight is 395 g/mol. The Kier molecular flexibility index (Phi) is 8.16. The number of benzene rings is 2. The van der Waals surface area contributed by atoms with E-state index in [9.17, 15) is 14.7 Å². The highest BCUT2D eigenvalue weighted by atomic mass is 16.6. The second kappa shape index (κ2) is 10.6. The van der Waals surface area contributed by atoms with Crippen LogP contribution >= 0.6 is 0 Å². The van der Waals surface area contributed by atoms with Crippen LogP contribution < -0.4 is 5.32 Å². The average Bonchev–Trinajstić information content (AvgIpc) is 2.67. The normalized spacial score (nSPS) is 13.7. The Bertz CT molecular complexity index is 810. The van der Waals surface area contributed by atoms with Gasteiger partial charge in [-0.2, -0.15) is 0 Å². The number of carbonyl (C=O) groups is 2. The smallest absolute Gasteiger partial charge is 0.408 e. The Hall–Kier alpha value is -2.92. The monoisotopic (exact) mass is 395 g/mol. The van der Waals surface area contributed by atoms with Gasteiger partial charge >= 0.3 is 6.09 Å². The van der Waals surface area contributed by atoms with Crippen molar-refractivity contribution >= 4 is 11.9 Å². The van der Waals surface area contributed by atoms with Gasteiger partial charge in [0.05, 0.1) is 12.1 Å². The molecule has 0 bridgehead atoms. The molecule has 1 amide bonds. The largest absolute Gasteiger partial charge is 0.444 e. The molecule has 0 aliphatic carbocycles. The number of ketones is 1. The molecule has 154 valence electrons. The number of aliphatic hydroxyl groups is 1. The summed E-state index contributed by atoms with van der Waals surface area (Å²) in [7, 11) is 0. The van der Waals surface area contributed by atoms with Gasteiger partial charge in [-0.3, -0.25) is 4.79 Å². The van der Waals surface area contributed by atoms with Crippen LogP contribution in [0.1, 0.15) is 55.6 Å². The summed E-state index contributed by atoms with van der Waals surface area (Å²) in [6, 6.07) is 18.0. The number of rotatable bonds is 8. The topological polar surface area (TPSA) is 75.6 Å². The van der Waals surface area contributed by atoms with Crippen LogP contribution in [-0.4, -0.2) is 28.7 Å². The van der Waals surface area contributed by atoms with Crippen LogP contribution in [0.2, 0.25) is 0 Å². The maximum Gasteiger partial charge on any atom is 0.408 e. The zero-order valence-corrected chi connectivity index (χ0v) is 17.2. The zero-order chi connectivity index (χ0) is 21.3. The molecule has 0 aliphatic rings. The summed E-state index contributed by atoms with van der Waals surface area (Å²) in [5, 5.41) is 13.3. The van der Waals surface area contributed by atoms with Crippen molar-refractivity contribution in [2.75, 3.05) is 0 Å². The molecule has 0 heterocycles. The second-order valence-corrected chi connectivity index (χ2v) is 7.87. The minimum Gasteiger partial charge on any atom is -0.444 e. The van der Waals surface area contributed by atoms with Crippen molar-refractivity contribution in [1.82, 2.24) is 5.32 Å². The fourth-order valence-electron chi connectivity index (χ4n) is 2.81. The minimum atomic E-state index is -0.727. The summed E-state index contributed by atoms with van der Waals surface area (Å²) < 4.78 is 5.34. The molecule has 2 aromatic rings. The molecule has 0 aliphatic heterocycles. The second-order valence-electron chi connectivity index (χ2n) is 7.87. The fraction of sp³-hybridized carbons (Fsp3) is 0.333. The molecule has 29 heavy (non-hydrogen) atoms. The van der Waals surface area contributed by atoms with E-state index in [2.05, 4.69) is 5.32 Å². The Morgan fingerprint density at radius 1 is 1.03 bits per heavy atom. The number of allylic oxidation sites excluding steroid dienone is 1. The van der Waals surface area contributed by atoms with E-state index in [0.717, 1.165) is 5.56 Å². The van der Waals surface area contributed by atoms with Crippen molar-refractivity contribution in [2.24, 2.45) is 0 Å². The van der Waals surface area contributed by atoms with Crippen molar-refractivity contribution in [3.8, 4) is 0 Å². The maximum absolute atomic E-state index is 12.2. The van der Waals surface area contributed by atoms with E-state index in [-0.39, 0.29) is 5.78 Å². The highest BCUT2D eigenvalue weighted by molar-refractivity contribution is 6.04. The lowest BCUT2D eigenvalue weighted by Crippen LogP contribution is -2.36. The molecule has 0 radical (unpaired) electrons. The number of nitrogens with one attached hydrogen (secondary N) is 1. The predicted octanol–water partition coefficient (Wildman–Crippen LogP) is 4.83. The van der Waals surface area contributed by atoms with Crippen molar-refractivity contribution in [2.45, 2.75) is 51.4 Å². The Balaban J connectivity index is 1.97. The third kappa shape index (κ3) is 8.32. The first-order chi connectivity index (χ1) is 13.7. The highest BCUT2D eigenvalue weighted by Gasteiger charge is 2.22. The molecule has 5 heteroatoms. The third-order valence-electron chi connectivity index (χ3n) is 4.14. The number of hydrogen-bond donors (Lipinski definition) is 2. The summed E-state index contributed by atoms with van der Waals surface area (Å²) in [6.07, 6.45) is 2.47. The van der Waals surface area contributed by atoms with Crippen molar-refractivity contribution < 1.29 is 19.4 Å². The number of amides is 1. The van der Waals surface area contributed by atoms with E-state index in [1.54, 1.807) is 39.0 Å². The van der Waals surface area contributed by atoms with Gasteiger partial charge in [0.15, 0.2) is 5.78 Å². The number of hydrogen-bond acceptors (Lipinski definition) is 4. The predicted molar refractivity (Wildman–Crippen MR) is 114 cm³/mol. The molecular formula is C24H29NO4. The van der Waals surface area contributed by atoms with E-state index in [0.29, 0.717) is 18.4 Å². The number of ether oxygens (including phenoxy) is 1. The maximum atomic E-state index is 12.2. The SMILES string of the molecule is CC(C)(C)OC(=O)N[C@@H](C[C@@H](O)C/C=C/C(=O)c1ccccc1)c1ccccc1. The third-order valence-corrected chi connectivity index (χ3v) is 4.14. The van der Waals surface area contributed by atoms with Crippen LogP contribution in [0.5, 0.6) is 0 Å². The van der Waals surface area contributed by atoms with Gasteiger partial charge in [-0.1, -0.05) is 66.7 Å². The highest BCUT2D eigenvalue weighted by Crippen LogP contribution is 2.21. The van der Waals surface area contributed by atoms with E-state index in [1.165, 1.54) is 6.08 Å². The first kappa shape index (κ1) is 22.4. The van der Waals surface area contributed by atoms with E-state index in [4.69, 9.17) is 4.74 Å². The van der Waals surface area contributed by atoms with Gasteiger partial charge in [0.2, 0.25) is 0 Å². The van der Waals surface area contributed by atoms with Gasteiger partial charge in [-0.25, -0.2) is 4.79 Å². The molecular weight excluding hydrogens is 366 g/mol. The summed E-state index contributed by atoms with van der Waals surface area (Å²) in [4.78, 5) is 24.3. The van der Waals surface area contributed by atoms with Gasteiger partial charge in [0, 0.05) is 5.56 Å². The molecule has 2 aromatic carbocycles. The summed E-state index contributed by atoms with van der Waals surface area (Å²) in [5.41, 5.74) is 0.874. The fourth-order valence-corrected chi connectivity index (χ4v) is 2.81. The molecule has 5 nitrogen and oxygen atoms in total. The van der Waals surface area contributed by atoms with Crippen LogP contribution in [0.15, 0.2) is 72.8 Å². The molecule has 0 saturated carbocycles. The molecule has 0 spiro atoms. The Morgan fingerprint density at radius 2 is 1.62 bits per heavy atom.